The number of carbonyl (C=O) groups is 2. The van der Waals surface area contributed by atoms with Crippen LogP contribution >= 0.6 is 0 Å². The molecule has 1 heterocycles. The predicted molar refractivity (Wildman–Crippen MR) is 73.6 cm³/mol. The Bertz CT molecular complexity index is 357. The molecular formula is C14H24N2O4. The van der Waals surface area contributed by atoms with Crippen molar-refractivity contribution in [2.24, 2.45) is 0 Å². The molecule has 1 aliphatic heterocycles. The van der Waals surface area contributed by atoms with Crippen molar-refractivity contribution in [2.45, 2.75) is 50.6 Å². The average Bonchev–Trinajstić information content (AvgIpc) is 3.24. The van der Waals surface area contributed by atoms with Crippen LogP contribution in [-0.2, 0) is 9.53 Å². The molecule has 0 aromatic carbocycles. The fraction of sp³-hybridized carbons (Fsp3) is 0.857. The van der Waals surface area contributed by atoms with Gasteiger partial charge in [0.2, 0.25) is 0 Å². The lowest BCUT2D eigenvalue weighted by Gasteiger charge is -2.33. The minimum absolute atomic E-state index is 0.126. The zero-order valence-electron chi connectivity index (χ0n) is 12.1. The fourth-order valence-electron chi connectivity index (χ4n) is 2.77. The number of amides is 2. The number of rotatable bonds is 5. The van der Waals surface area contributed by atoms with Gasteiger partial charge in [-0.05, 0) is 25.7 Å². The van der Waals surface area contributed by atoms with Crippen LogP contribution in [0.5, 0.6) is 0 Å². The normalized spacial score (nSPS) is 23.2. The second kappa shape index (κ2) is 6.92. The third-order valence-electron chi connectivity index (χ3n) is 4.05. The molecular weight excluding hydrogens is 260 g/mol. The van der Waals surface area contributed by atoms with Crippen LogP contribution in [0.15, 0.2) is 0 Å². The van der Waals surface area contributed by atoms with Gasteiger partial charge in [0.1, 0.15) is 6.04 Å². The smallest absolute Gasteiger partial charge is 0.326 e. The van der Waals surface area contributed by atoms with Crippen molar-refractivity contribution < 1.29 is 19.4 Å². The summed E-state index contributed by atoms with van der Waals surface area (Å²) in [5, 5.41) is 9.36. The molecule has 0 radical (unpaired) electrons. The summed E-state index contributed by atoms with van der Waals surface area (Å²) in [6.07, 6.45) is 5.35. The number of ether oxygens (including phenoxy) is 1. The second-order valence-electron chi connectivity index (χ2n) is 5.60. The predicted octanol–water partition coefficient (Wildman–Crippen LogP) is 1.55. The van der Waals surface area contributed by atoms with Crippen LogP contribution in [0.3, 0.4) is 0 Å². The van der Waals surface area contributed by atoms with Gasteiger partial charge in [-0.25, -0.2) is 9.59 Å². The van der Waals surface area contributed by atoms with Gasteiger partial charge < -0.3 is 19.6 Å². The molecule has 2 aliphatic rings. The van der Waals surface area contributed by atoms with Gasteiger partial charge in [0, 0.05) is 26.2 Å². The number of carbonyl (C=O) groups excluding carboxylic acids is 1. The lowest BCUT2D eigenvalue weighted by Crippen LogP contribution is -2.52. The zero-order valence-corrected chi connectivity index (χ0v) is 12.1. The highest BCUT2D eigenvalue weighted by molar-refractivity contribution is 5.83. The van der Waals surface area contributed by atoms with Gasteiger partial charge in [0.25, 0.3) is 0 Å². The SMILES string of the molecule is COCCN(C(=O)N1CCCCCC1C(=O)O)C1CC1. The number of hydrogen-bond donors (Lipinski definition) is 1. The molecule has 0 spiro atoms. The molecule has 1 atom stereocenters. The van der Waals surface area contributed by atoms with Gasteiger partial charge in [0.15, 0.2) is 0 Å². The first-order valence-electron chi connectivity index (χ1n) is 7.44. The number of methoxy groups -OCH3 is 1. The topological polar surface area (TPSA) is 70.1 Å². The van der Waals surface area contributed by atoms with Crippen molar-refractivity contribution in [1.29, 1.82) is 0 Å². The van der Waals surface area contributed by atoms with E-state index in [1.54, 1.807) is 16.9 Å². The zero-order chi connectivity index (χ0) is 14.5. The highest BCUT2D eigenvalue weighted by atomic mass is 16.5. The molecule has 6 nitrogen and oxygen atoms in total. The first-order chi connectivity index (χ1) is 9.65. The highest BCUT2D eigenvalue weighted by Crippen LogP contribution is 2.29. The van der Waals surface area contributed by atoms with E-state index in [-0.39, 0.29) is 12.1 Å². The van der Waals surface area contributed by atoms with E-state index in [0.717, 1.165) is 32.1 Å². The third kappa shape index (κ3) is 3.62. The first-order valence-corrected chi connectivity index (χ1v) is 7.44. The van der Waals surface area contributed by atoms with Crippen molar-refractivity contribution in [2.75, 3.05) is 26.8 Å². The average molecular weight is 284 g/mol. The van der Waals surface area contributed by atoms with Crippen molar-refractivity contribution in [1.82, 2.24) is 9.80 Å². The number of nitrogens with zero attached hydrogens (tertiary/aromatic N) is 2. The molecule has 6 heteroatoms. The quantitative estimate of drug-likeness (QED) is 0.831. The summed E-state index contributed by atoms with van der Waals surface area (Å²) < 4.78 is 5.06. The molecule has 1 aliphatic carbocycles. The van der Waals surface area contributed by atoms with Crippen molar-refractivity contribution in [3.8, 4) is 0 Å². The summed E-state index contributed by atoms with van der Waals surface area (Å²) in [5.74, 6) is -0.886. The molecule has 114 valence electrons. The number of aliphatic carboxylic acids is 1. The lowest BCUT2D eigenvalue weighted by atomic mass is 10.1. The largest absolute Gasteiger partial charge is 0.480 e. The van der Waals surface area contributed by atoms with Crippen LogP contribution in [0.4, 0.5) is 4.79 Å². The fourth-order valence-corrected chi connectivity index (χ4v) is 2.77. The summed E-state index contributed by atoms with van der Waals surface area (Å²) in [4.78, 5) is 27.4. The van der Waals surface area contributed by atoms with Gasteiger partial charge >= 0.3 is 12.0 Å². The minimum Gasteiger partial charge on any atom is -0.480 e. The van der Waals surface area contributed by atoms with Crippen molar-refractivity contribution in [3.63, 3.8) is 0 Å². The number of likely N-dealkylation sites (tertiary alicyclic amines) is 1. The van der Waals surface area contributed by atoms with E-state index >= 15 is 0 Å². The second-order valence-corrected chi connectivity index (χ2v) is 5.60. The number of hydrogen-bond acceptors (Lipinski definition) is 3. The molecule has 0 aromatic rings. The van der Waals surface area contributed by atoms with Crippen LogP contribution in [0, 0.1) is 0 Å². The van der Waals surface area contributed by atoms with Gasteiger partial charge in [-0.1, -0.05) is 12.8 Å². The van der Waals surface area contributed by atoms with Gasteiger partial charge in [0.05, 0.1) is 6.61 Å². The van der Waals surface area contributed by atoms with Crippen molar-refractivity contribution in [3.05, 3.63) is 0 Å². The van der Waals surface area contributed by atoms with E-state index in [0.29, 0.717) is 26.1 Å². The Hall–Kier alpha value is -1.30. The van der Waals surface area contributed by atoms with Gasteiger partial charge in [-0.3, -0.25) is 0 Å². The Labute approximate surface area is 119 Å². The van der Waals surface area contributed by atoms with Crippen LogP contribution in [0.25, 0.3) is 0 Å². The van der Waals surface area contributed by atoms with E-state index in [1.165, 1.54) is 0 Å². The number of carboxylic acids is 1. The Morgan fingerprint density at radius 2 is 2.00 bits per heavy atom. The summed E-state index contributed by atoms with van der Waals surface area (Å²) >= 11 is 0. The van der Waals surface area contributed by atoms with Crippen LogP contribution in [0.1, 0.15) is 38.5 Å². The minimum atomic E-state index is -0.886. The maximum Gasteiger partial charge on any atom is 0.326 e. The van der Waals surface area contributed by atoms with Crippen LogP contribution in [-0.4, -0.2) is 65.8 Å². The third-order valence-corrected chi connectivity index (χ3v) is 4.05. The van der Waals surface area contributed by atoms with E-state index in [1.807, 2.05) is 0 Å². The van der Waals surface area contributed by atoms with Crippen LogP contribution < -0.4 is 0 Å². The lowest BCUT2D eigenvalue weighted by molar-refractivity contribution is -0.142. The molecule has 1 unspecified atom stereocenters. The molecule has 1 saturated heterocycles. The molecule has 0 aromatic heterocycles. The number of urea groups is 1. The standard InChI is InChI=1S/C14H24N2O4/c1-20-10-9-15(11-6-7-11)14(19)16-8-4-2-3-5-12(16)13(17)18/h11-12H,2-10H2,1H3,(H,17,18). The molecule has 0 bridgehead atoms. The highest BCUT2D eigenvalue weighted by Gasteiger charge is 2.38. The Morgan fingerprint density at radius 1 is 1.25 bits per heavy atom. The maximum absolute atomic E-state index is 12.7. The maximum atomic E-state index is 12.7. The molecule has 2 rings (SSSR count). The first kappa shape index (κ1) is 15.1. The van der Waals surface area contributed by atoms with Crippen molar-refractivity contribution >= 4 is 12.0 Å². The van der Waals surface area contributed by atoms with E-state index in [4.69, 9.17) is 4.74 Å². The molecule has 2 amide bonds. The van der Waals surface area contributed by atoms with E-state index in [2.05, 4.69) is 0 Å². The van der Waals surface area contributed by atoms with Crippen LogP contribution in [0.2, 0.25) is 0 Å². The molecule has 2 fully saturated rings. The summed E-state index contributed by atoms with van der Waals surface area (Å²) in [6.45, 7) is 1.59. The Morgan fingerprint density at radius 3 is 2.60 bits per heavy atom. The summed E-state index contributed by atoms with van der Waals surface area (Å²) in [7, 11) is 1.61. The number of carboxylic acid groups (broad SMARTS) is 1. The molecule has 1 saturated carbocycles. The molecule has 20 heavy (non-hydrogen) atoms. The summed E-state index contributed by atoms with van der Waals surface area (Å²) in [6, 6.07) is -0.525. The molecule has 1 N–H and O–H groups in total. The van der Waals surface area contributed by atoms with Gasteiger partial charge in [-0.15, -0.1) is 0 Å². The van der Waals surface area contributed by atoms with Gasteiger partial charge in [-0.2, -0.15) is 0 Å². The van der Waals surface area contributed by atoms with E-state index < -0.39 is 12.0 Å². The Kier molecular flexibility index (Phi) is 5.23. The Balaban J connectivity index is 2.07. The monoisotopic (exact) mass is 284 g/mol. The summed E-state index contributed by atoms with van der Waals surface area (Å²) in [5.41, 5.74) is 0. The van der Waals surface area contributed by atoms with E-state index in [9.17, 15) is 14.7 Å².